The standard InChI is InChI=1S/C11H14N4S/c1-16-9-4-2-8(3-5-9)11-13-10(6-7-12)14-15-11/h2-5H,6-7,12H2,1H3,(H,13,14,15). The number of thioether (sulfide) groups is 1. The van der Waals surface area contributed by atoms with Crippen molar-refractivity contribution < 1.29 is 0 Å². The lowest BCUT2D eigenvalue weighted by Gasteiger charge is -1.97. The van der Waals surface area contributed by atoms with E-state index in [1.165, 1.54) is 4.90 Å². The normalized spacial score (nSPS) is 10.6. The van der Waals surface area contributed by atoms with E-state index in [1.54, 1.807) is 11.8 Å². The van der Waals surface area contributed by atoms with Crippen LogP contribution in [0.25, 0.3) is 11.4 Å². The molecule has 16 heavy (non-hydrogen) atoms. The maximum Gasteiger partial charge on any atom is 0.181 e. The van der Waals surface area contributed by atoms with Gasteiger partial charge in [0.05, 0.1) is 0 Å². The summed E-state index contributed by atoms with van der Waals surface area (Å²) in [6, 6.07) is 8.19. The van der Waals surface area contributed by atoms with Gasteiger partial charge >= 0.3 is 0 Å². The van der Waals surface area contributed by atoms with E-state index < -0.39 is 0 Å². The van der Waals surface area contributed by atoms with E-state index in [4.69, 9.17) is 5.73 Å². The first kappa shape index (κ1) is 11.2. The van der Waals surface area contributed by atoms with Crippen LogP contribution in [0.5, 0.6) is 0 Å². The predicted octanol–water partition coefficient (Wildman–Crippen LogP) is 1.69. The molecule has 0 amide bonds. The highest BCUT2D eigenvalue weighted by Crippen LogP contribution is 2.20. The highest BCUT2D eigenvalue weighted by atomic mass is 32.2. The average molecular weight is 234 g/mol. The van der Waals surface area contributed by atoms with Gasteiger partial charge in [0.25, 0.3) is 0 Å². The van der Waals surface area contributed by atoms with Gasteiger partial charge in [0.2, 0.25) is 0 Å². The molecule has 0 aliphatic rings. The maximum atomic E-state index is 5.46. The van der Waals surface area contributed by atoms with Crippen molar-refractivity contribution in [3.8, 4) is 11.4 Å². The van der Waals surface area contributed by atoms with E-state index in [2.05, 4.69) is 33.6 Å². The Balaban J connectivity index is 2.21. The molecule has 0 saturated carbocycles. The molecule has 5 heteroatoms. The summed E-state index contributed by atoms with van der Waals surface area (Å²) in [5.74, 6) is 1.57. The molecule has 0 fully saturated rings. The lowest BCUT2D eigenvalue weighted by molar-refractivity contribution is 0.874. The van der Waals surface area contributed by atoms with Crippen molar-refractivity contribution in [2.24, 2.45) is 5.73 Å². The highest BCUT2D eigenvalue weighted by Gasteiger charge is 2.04. The second-order valence-corrected chi connectivity index (χ2v) is 4.25. The van der Waals surface area contributed by atoms with Gasteiger partial charge in [-0.2, -0.15) is 5.10 Å². The fourth-order valence-electron chi connectivity index (χ4n) is 1.41. The summed E-state index contributed by atoms with van der Waals surface area (Å²) in [4.78, 5) is 5.61. The van der Waals surface area contributed by atoms with Gasteiger partial charge < -0.3 is 5.73 Å². The third kappa shape index (κ3) is 2.43. The van der Waals surface area contributed by atoms with Crippen molar-refractivity contribution in [1.29, 1.82) is 0 Å². The molecule has 0 aliphatic carbocycles. The van der Waals surface area contributed by atoms with Crippen LogP contribution in [0.2, 0.25) is 0 Å². The summed E-state index contributed by atoms with van der Waals surface area (Å²) in [6.45, 7) is 0.583. The number of nitrogens with zero attached hydrogens (tertiary/aromatic N) is 2. The topological polar surface area (TPSA) is 67.6 Å². The zero-order chi connectivity index (χ0) is 11.4. The van der Waals surface area contributed by atoms with E-state index in [1.807, 2.05) is 12.1 Å². The lowest BCUT2D eigenvalue weighted by atomic mass is 10.2. The number of hydrogen-bond acceptors (Lipinski definition) is 4. The van der Waals surface area contributed by atoms with Gasteiger partial charge in [-0.25, -0.2) is 4.98 Å². The summed E-state index contributed by atoms with van der Waals surface area (Å²) >= 11 is 1.72. The number of hydrogen-bond donors (Lipinski definition) is 2. The number of nitrogens with two attached hydrogens (primary N) is 1. The highest BCUT2D eigenvalue weighted by molar-refractivity contribution is 7.98. The molecule has 0 atom stereocenters. The molecule has 1 aromatic heterocycles. The maximum absolute atomic E-state index is 5.46. The van der Waals surface area contributed by atoms with Crippen LogP contribution in [0.1, 0.15) is 5.82 Å². The summed E-state index contributed by atoms with van der Waals surface area (Å²) in [5.41, 5.74) is 6.48. The van der Waals surface area contributed by atoms with Crippen LogP contribution in [-0.2, 0) is 6.42 Å². The summed E-state index contributed by atoms with van der Waals surface area (Å²) in [7, 11) is 0. The molecular weight excluding hydrogens is 220 g/mol. The quantitative estimate of drug-likeness (QED) is 0.790. The van der Waals surface area contributed by atoms with Gasteiger partial charge in [-0.05, 0) is 24.9 Å². The summed E-state index contributed by atoms with van der Waals surface area (Å²) < 4.78 is 0. The number of rotatable bonds is 4. The number of aromatic amines is 1. The molecule has 0 aliphatic heterocycles. The molecule has 0 saturated heterocycles. The molecule has 2 aromatic rings. The van der Waals surface area contributed by atoms with Crippen molar-refractivity contribution in [2.75, 3.05) is 12.8 Å². The predicted molar refractivity (Wildman–Crippen MR) is 66.4 cm³/mol. The number of aromatic nitrogens is 3. The Morgan fingerprint density at radius 1 is 1.31 bits per heavy atom. The number of H-pyrrole nitrogens is 1. The smallest absolute Gasteiger partial charge is 0.181 e. The second-order valence-electron chi connectivity index (χ2n) is 3.37. The first-order chi connectivity index (χ1) is 7.83. The number of benzene rings is 1. The first-order valence-electron chi connectivity index (χ1n) is 5.09. The Kier molecular flexibility index (Phi) is 3.58. The third-order valence-corrected chi connectivity index (χ3v) is 3.00. The Morgan fingerprint density at radius 2 is 2.06 bits per heavy atom. The molecule has 0 unspecified atom stereocenters. The minimum absolute atomic E-state index is 0.583. The molecule has 1 heterocycles. The minimum atomic E-state index is 0.583. The number of nitrogens with one attached hydrogen (secondary N) is 1. The van der Waals surface area contributed by atoms with Crippen molar-refractivity contribution in [3.05, 3.63) is 30.1 Å². The average Bonchev–Trinajstić information content (AvgIpc) is 2.78. The zero-order valence-corrected chi connectivity index (χ0v) is 9.92. The zero-order valence-electron chi connectivity index (χ0n) is 9.10. The Hall–Kier alpha value is -1.33. The molecule has 2 rings (SSSR count). The van der Waals surface area contributed by atoms with Crippen LogP contribution in [0.15, 0.2) is 29.2 Å². The molecule has 0 bridgehead atoms. The fourth-order valence-corrected chi connectivity index (χ4v) is 1.82. The molecule has 1 aromatic carbocycles. The van der Waals surface area contributed by atoms with Gasteiger partial charge in [-0.15, -0.1) is 11.8 Å². The Morgan fingerprint density at radius 3 is 2.69 bits per heavy atom. The van der Waals surface area contributed by atoms with E-state index in [0.717, 1.165) is 23.6 Å². The van der Waals surface area contributed by atoms with Crippen molar-refractivity contribution in [2.45, 2.75) is 11.3 Å². The van der Waals surface area contributed by atoms with Gasteiger partial charge in [0.1, 0.15) is 5.82 Å². The van der Waals surface area contributed by atoms with Gasteiger partial charge in [0, 0.05) is 16.9 Å². The Labute approximate surface area is 98.7 Å². The third-order valence-electron chi connectivity index (χ3n) is 2.26. The van der Waals surface area contributed by atoms with Crippen molar-refractivity contribution >= 4 is 11.8 Å². The molecule has 0 spiro atoms. The van der Waals surface area contributed by atoms with Gasteiger partial charge in [0.15, 0.2) is 5.82 Å². The first-order valence-corrected chi connectivity index (χ1v) is 6.31. The molecule has 84 valence electrons. The SMILES string of the molecule is CSc1ccc(-c2n[nH]c(CCN)n2)cc1. The van der Waals surface area contributed by atoms with Crippen LogP contribution in [0.3, 0.4) is 0 Å². The molecule has 0 radical (unpaired) electrons. The fraction of sp³-hybridized carbons (Fsp3) is 0.273. The van der Waals surface area contributed by atoms with E-state index >= 15 is 0 Å². The van der Waals surface area contributed by atoms with Crippen LogP contribution in [-0.4, -0.2) is 28.0 Å². The van der Waals surface area contributed by atoms with Crippen LogP contribution >= 0.6 is 11.8 Å². The summed E-state index contributed by atoms with van der Waals surface area (Å²) in [6.07, 6.45) is 2.79. The second kappa shape index (κ2) is 5.14. The summed E-state index contributed by atoms with van der Waals surface area (Å²) in [5, 5.41) is 7.05. The van der Waals surface area contributed by atoms with Gasteiger partial charge in [-0.3, -0.25) is 5.10 Å². The Bertz CT molecular complexity index is 449. The molecule has 3 N–H and O–H groups in total. The van der Waals surface area contributed by atoms with Crippen molar-refractivity contribution in [3.63, 3.8) is 0 Å². The van der Waals surface area contributed by atoms with E-state index in [9.17, 15) is 0 Å². The lowest BCUT2D eigenvalue weighted by Crippen LogP contribution is -2.03. The van der Waals surface area contributed by atoms with E-state index in [0.29, 0.717) is 6.54 Å². The van der Waals surface area contributed by atoms with Crippen LogP contribution in [0.4, 0.5) is 0 Å². The van der Waals surface area contributed by atoms with Crippen molar-refractivity contribution in [1.82, 2.24) is 15.2 Å². The van der Waals surface area contributed by atoms with E-state index in [-0.39, 0.29) is 0 Å². The van der Waals surface area contributed by atoms with Crippen LogP contribution in [0, 0.1) is 0 Å². The monoisotopic (exact) mass is 234 g/mol. The van der Waals surface area contributed by atoms with Gasteiger partial charge in [-0.1, -0.05) is 12.1 Å². The molecule has 4 nitrogen and oxygen atoms in total. The minimum Gasteiger partial charge on any atom is -0.330 e. The molecular formula is C11H14N4S. The largest absolute Gasteiger partial charge is 0.330 e. The van der Waals surface area contributed by atoms with Crippen LogP contribution < -0.4 is 5.73 Å².